The van der Waals surface area contributed by atoms with Crippen molar-refractivity contribution in [1.29, 1.82) is 0 Å². The van der Waals surface area contributed by atoms with Crippen LogP contribution in [0.2, 0.25) is 0 Å². The maximum atomic E-state index is 12.3. The van der Waals surface area contributed by atoms with Gasteiger partial charge in [-0.2, -0.15) is 0 Å². The maximum Gasteiger partial charge on any atom is 0.203 e. The average molecular weight is 344 g/mol. The van der Waals surface area contributed by atoms with E-state index < -0.39 is 0 Å². The zero-order valence-corrected chi connectivity index (χ0v) is 15.1. The van der Waals surface area contributed by atoms with Gasteiger partial charge >= 0.3 is 0 Å². The Morgan fingerprint density at radius 1 is 0.800 bits per heavy atom. The van der Waals surface area contributed by atoms with Crippen LogP contribution in [0.15, 0.2) is 36.4 Å². The quantitative estimate of drug-likeness (QED) is 0.697. The second-order valence-electron chi connectivity index (χ2n) is 5.60. The first-order valence-electron chi connectivity index (χ1n) is 8.04. The van der Waals surface area contributed by atoms with Gasteiger partial charge in [-0.3, -0.25) is 4.79 Å². The molecule has 2 aromatic carbocycles. The number of rotatable bonds is 9. The standard InChI is InChI=1S/C20H24O5/c1-22-17-9-6-14(7-10-17)5-8-16(21)11-15-12-18(23-2)20(25-4)19(13-15)24-3/h6-7,9-10,12-13H,5,8,11H2,1-4H3. The predicted octanol–water partition coefficient (Wildman–Crippen LogP) is 3.47. The molecule has 0 aliphatic rings. The minimum absolute atomic E-state index is 0.157. The summed E-state index contributed by atoms with van der Waals surface area (Å²) in [4.78, 5) is 12.3. The van der Waals surface area contributed by atoms with Crippen LogP contribution >= 0.6 is 0 Å². The molecule has 0 aliphatic carbocycles. The van der Waals surface area contributed by atoms with Crippen LogP contribution in [-0.4, -0.2) is 34.2 Å². The highest BCUT2D eigenvalue weighted by atomic mass is 16.5. The number of methoxy groups -OCH3 is 4. The van der Waals surface area contributed by atoms with Crippen molar-refractivity contribution >= 4 is 5.78 Å². The maximum absolute atomic E-state index is 12.3. The number of Topliss-reactive ketones (excluding diaryl/α,β-unsaturated/α-hetero) is 1. The largest absolute Gasteiger partial charge is 0.497 e. The van der Waals surface area contributed by atoms with Gasteiger partial charge in [-0.25, -0.2) is 0 Å². The number of ether oxygens (including phenoxy) is 4. The molecule has 0 aromatic heterocycles. The number of benzene rings is 2. The monoisotopic (exact) mass is 344 g/mol. The van der Waals surface area contributed by atoms with Crippen molar-refractivity contribution in [2.75, 3.05) is 28.4 Å². The fourth-order valence-corrected chi connectivity index (χ4v) is 2.63. The molecule has 2 rings (SSSR count). The molecular weight excluding hydrogens is 320 g/mol. The Balaban J connectivity index is 2.01. The highest BCUT2D eigenvalue weighted by Gasteiger charge is 2.15. The topological polar surface area (TPSA) is 54.0 Å². The van der Waals surface area contributed by atoms with Gasteiger partial charge in [0.05, 0.1) is 28.4 Å². The summed E-state index contributed by atoms with van der Waals surface area (Å²) < 4.78 is 21.1. The Hall–Kier alpha value is -2.69. The zero-order chi connectivity index (χ0) is 18.2. The van der Waals surface area contributed by atoms with E-state index in [1.807, 2.05) is 36.4 Å². The van der Waals surface area contributed by atoms with Crippen molar-refractivity contribution < 1.29 is 23.7 Å². The fourth-order valence-electron chi connectivity index (χ4n) is 2.63. The first-order chi connectivity index (χ1) is 12.1. The highest BCUT2D eigenvalue weighted by Crippen LogP contribution is 2.38. The van der Waals surface area contributed by atoms with Crippen LogP contribution in [0.5, 0.6) is 23.0 Å². The second-order valence-corrected chi connectivity index (χ2v) is 5.60. The van der Waals surface area contributed by atoms with E-state index in [1.54, 1.807) is 28.4 Å². The summed E-state index contributed by atoms with van der Waals surface area (Å²) in [6.45, 7) is 0. The Labute approximate surface area is 148 Å². The molecule has 0 atom stereocenters. The third kappa shape index (κ3) is 4.89. The summed E-state index contributed by atoms with van der Waals surface area (Å²) in [5, 5.41) is 0. The molecule has 0 radical (unpaired) electrons. The number of hydrogen-bond acceptors (Lipinski definition) is 5. The summed E-state index contributed by atoms with van der Waals surface area (Å²) in [5.74, 6) is 2.61. The van der Waals surface area contributed by atoms with Crippen molar-refractivity contribution in [3.63, 3.8) is 0 Å². The van der Waals surface area contributed by atoms with Crippen molar-refractivity contribution in [3.8, 4) is 23.0 Å². The molecule has 0 aliphatic heterocycles. The van der Waals surface area contributed by atoms with E-state index in [9.17, 15) is 4.79 Å². The molecule has 134 valence electrons. The number of aryl methyl sites for hydroxylation is 1. The van der Waals surface area contributed by atoms with Crippen LogP contribution < -0.4 is 18.9 Å². The number of hydrogen-bond donors (Lipinski definition) is 0. The minimum Gasteiger partial charge on any atom is -0.497 e. The third-order valence-corrected chi connectivity index (χ3v) is 3.98. The highest BCUT2D eigenvalue weighted by molar-refractivity contribution is 5.81. The Morgan fingerprint density at radius 2 is 1.40 bits per heavy atom. The van der Waals surface area contributed by atoms with Crippen LogP contribution in [0.3, 0.4) is 0 Å². The molecule has 0 fully saturated rings. The Bertz CT molecular complexity index is 682. The Kier molecular flexibility index (Phi) is 6.69. The van der Waals surface area contributed by atoms with Crippen molar-refractivity contribution in [3.05, 3.63) is 47.5 Å². The van der Waals surface area contributed by atoms with Crippen LogP contribution in [0.1, 0.15) is 17.5 Å². The SMILES string of the molecule is COc1ccc(CCC(=O)Cc2cc(OC)c(OC)c(OC)c2)cc1. The van der Waals surface area contributed by atoms with Gasteiger partial charge in [-0.05, 0) is 41.8 Å². The summed E-state index contributed by atoms with van der Waals surface area (Å²) >= 11 is 0. The minimum atomic E-state index is 0.157. The van der Waals surface area contributed by atoms with Crippen molar-refractivity contribution in [2.24, 2.45) is 0 Å². The summed E-state index contributed by atoms with van der Waals surface area (Å²) in [6.07, 6.45) is 1.50. The average Bonchev–Trinajstić information content (AvgIpc) is 2.65. The van der Waals surface area contributed by atoms with E-state index in [1.165, 1.54) is 0 Å². The third-order valence-electron chi connectivity index (χ3n) is 3.98. The summed E-state index contributed by atoms with van der Waals surface area (Å²) in [5.41, 5.74) is 1.95. The van der Waals surface area contributed by atoms with E-state index in [4.69, 9.17) is 18.9 Å². The van der Waals surface area contributed by atoms with Crippen LogP contribution in [0.4, 0.5) is 0 Å². The lowest BCUT2D eigenvalue weighted by Gasteiger charge is -2.14. The number of carbonyl (C=O) groups excluding carboxylic acids is 1. The van der Waals surface area contributed by atoms with E-state index in [2.05, 4.69) is 0 Å². The molecule has 0 bridgehead atoms. The van der Waals surface area contributed by atoms with Gasteiger partial charge < -0.3 is 18.9 Å². The predicted molar refractivity (Wildman–Crippen MR) is 96.1 cm³/mol. The van der Waals surface area contributed by atoms with Gasteiger partial charge in [0, 0.05) is 12.8 Å². The fraction of sp³-hybridized carbons (Fsp3) is 0.350. The molecule has 5 nitrogen and oxygen atoms in total. The molecule has 0 spiro atoms. The number of ketones is 1. The lowest BCUT2D eigenvalue weighted by molar-refractivity contribution is -0.118. The van der Waals surface area contributed by atoms with Crippen molar-refractivity contribution in [1.82, 2.24) is 0 Å². The molecular formula is C20H24O5. The van der Waals surface area contributed by atoms with E-state index in [-0.39, 0.29) is 5.78 Å². The first kappa shape index (κ1) is 18.6. The van der Waals surface area contributed by atoms with Gasteiger partial charge in [0.1, 0.15) is 11.5 Å². The van der Waals surface area contributed by atoms with Gasteiger partial charge in [0.15, 0.2) is 11.5 Å². The van der Waals surface area contributed by atoms with E-state index >= 15 is 0 Å². The molecule has 5 heteroatoms. The van der Waals surface area contributed by atoms with Crippen LogP contribution in [0.25, 0.3) is 0 Å². The van der Waals surface area contributed by atoms with Gasteiger partial charge in [-0.1, -0.05) is 12.1 Å². The number of carbonyl (C=O) groups is 1. The van der Waals surface area contributed by atoms with Gasteiger partial charge in [-0.15, -0.1) is 0 Å². The molecule has 0 saturated carbocycles. The Morgan fingerprint density at radius 3 is 1.88 bits per heavy atom. The van der Waals surface area contributed by atoms with Crippen LogP contribution in [-0.2, 0) is 17.6 Å². The van der Waals surface area contributed by atoms with Crippen molar-refractivity contribution in [2.45, 2.75) is 19.3 Å². The first-order valence-corrected chi connectivity index (χ1v) is 8.04. The van der Waals surface area contributed by atoms with E-state index in [0.29, 0.717) is 36.5 Å². The molecule has 25 heavy (non-hydrogen) atoms. The zero-order valence-electron chi connectivity index (χ0n) is 15.1. The smallest absolute Gasteiger partial charge is 0.203 e. The summed E-state index contributed by atoms with van der Waals surface area (Å²) in [6, 6.07) is 11.4. The molecule has 0 heterocycles. The lowest BCUT2D eigenvalue weighted by Crippen LogP contribution is -2.05. The van der Waals surface area contributed by atoms with Gasteiger partial charge in [0.2, 0.25) is 5.75 Å². The van der Waals surface area contributed by atoms with Crippen LogP contribution in [0, 0.1) is 0 Å². The normalized spacial score (nSPS) is 10.2. The molecule has 0 saturated heterocycles. The molecule has 0 unspecified atom stereocenters. The molecule has 0 N–H and O–H groups in total. The second kappa shape index (κ2) is 8.97. The molecule has 0 amide bonds. The van der Waals surface area contributed by atoms with Gasteiger partial charge in [0.25, 0.3) is 0 Å². The molecule has 2 aromatic rings. The van der Waals surface area contributed by atoms with E-state index in [0.717, 1.165) is 16.9 Å². The lowest BCUT2D eigenvalue weighted by atomic mass is 10.0. The summed E-state index contributed by atoms with van der Waals surface area (Å²) in [7, 11) is 6.31.